The molecule has 6 heteroatoms. The molecule has 0 saturated heterocycles. The van der Waals surface area contributed by atoms with Gasteiger partial charge in [0, 0.05) is 18.0 Å². The van der Waals surface area contributed by atoms with Crippen molar-refractivity contribution in [2.24, 2.45) is 0 Å². The van der Waals surface area contributed by atoms with Crippen LogP contribution >= 0.6 is 0 Å². The van der Waals surface area contributed by atoms with Crippen LogP contribution in [-0.2, 0) is 9.59 Å². The van der Waals surface area contributed by atoms with Crippen molar-refractivity contribution in [1.82, 2.24) is 9.88 Å². The fourth-order valence-electron chi connectivity index (χ4n) is 3.51. The summed E-state index contributed by atoms with van der Waals surface area (Å²) in [6.45, 7) is 1.97. The molecular weight excluding hydrogens is 344 g/mol. The lowest BCUT2D eigenvalue weighted by atomic mass is 9.93. The summed E-state index contributed by atoms with van der Waals surface area (Å²) in [5.41, 5.74) is 1.82. The van der Waals surface area contributed by atoms with Crippen LogP contribution in [0.1, 0.15) is 43.4 Å². The van der Waals surface area contributed by atoms with E-state index in [9.17, 15) is 19.8 Å². The van der Waals surface area contributed by atoms with Crippen molar-refractivity contribution in [3.8, 4) is 0 Å². The molecule has 2 heterocycles. The van der Waals surface area contributed by atoms with E-state index in [4.69, 9.17) is 0 Å². The molecule has 1 aliphatic rings. The molecule has 0 spiro atoms. The molecule has 2 aromatic rings. The number of rotatable bonds is 7. The second-order valence-corrected chi connectivity index (χ2v) is 6.52. The van der Waals surface area contributed by atoms with Crippen LogP contribution in [0, 0.1) is 0 Å². The van der Waals surface area contributed by atoms with Crippen molar-refractivity contribution >= 4 is 17.4 Å². The van der Waals surface area contributed by atoms with E-state index < -0.39 is 29.7 Å². The third kappa shape index (κ3) is 3.56. The quantitative estimate of drug-likeness (QED) is 0.782. The lowest BCUT2D eigenvalue weighted by Gasteiger charge is -2.32. The average molecular weight is 366 g/mol. The Hall–Kier alpha value is -3.15. The number of pyridine rings is 1. The van der Waals surface area contributed by atoms with Crippen LogP contribution in [0.25, 0.3) is 5.57 Å². The fourth-order valence-corrected chi connectivity index (χ4v) is 3.51. The summed E-state index contributed by atoms with van der Waals surface area (Å²) < 4.78 is 0. The fraction of sp³-hybridized carbons (Fsp3) is 0.286. The lowest BCUT2D eigenvalue weighted by molar-refractivity contribution is -0.150. The van der Waals surface area contributed by atoms with E-state index in [2.05, 4.69) is 4.98 Å². The number of benzene rings is 1. The molecule has 0 aliphatic carbocycles. The van der Waals surface area contributed by atoms with Gasteiger partial charge in [-0.1, -0.05) is 50.1 Å². The standard InChI is InChI=1S/C21H22N2O4/c1-2-3-9-16(21(26)27)23-18(15-10-12-22-13-11-15)17(19(24)20(23)25)14-7-5-4-6-8-14/h4-8,10-13,16,18,24H,2-3,9H2,1H3,(H,26,27). The number of hydrogen-bond donors (Lipinski definition) is 2. The Balaban J connectivity index is 2.14. The Morgan fingerprint density at radius 1 is 1.19 bits per heavy atom. The number of carboxylic acids is 1. The molecule has 27 heavy (non-hydrogen) atoms. The highest BCUT2D eigenvalue weighted by Gasteiger charge is 2.46. The molecule has 0 fully saturated rings. The molecule has 2 unspecified atom stereocenters. The molecule has 6 nitrogen and oxygen atoms in total. The zero-order valence-electron chi connectivity index (χ0n) is 15.1. The van der Waals surface area contributed by atoms with Crippen molar-refractivity contribution in [2.75, 3.05) is 0 Å². The minimum atomic E-state index is -1.07. The Morgan fingerprint density at radius 3 is 2.44 bits per heavy atom. The minimum absolute atomic E-state index is 0.328. The lowest BCUT2D eigenvalue weighted by Crippen LogP contribution is -2.44. The maximum atomic E-state index is 12.9. The van der Waals surface area contributed by atoms with E-state index >= 15 is 0 Å². The van der Waals surface area contributed by atoms with Crippen LogP contribution in [0.4, 0.5) is 0 Å². The number of carbonyl (C=O) groups is 2. The first-order valence-electron chi connectivity index (χ1n) is 9.00. The van der Waals surface area contributed by atoms with Gasteiger partial charge in [-0.25, -0.2) is 4.79 Å². The van der Waals surface area contributed by atoms with E-state index in [0.717, 1.165) is 6.42 Å². The molecule has 3 rings (SSSR count). The number of carbonyl (C=O) groups excluding carboxylic acids is 1. The number of unbranched alkanes of at least 4 members (excludes halogenated alkanes) is 1. The number of aliphatic carboxylic acids is 1. The van der Waals surface area contributed by atoms with Gasteiger partial charge in [0.2, 0.25) is 0 Å². The Morgan fingerprint density at radius 2 is 1.85 bits per heavy atom. The van der Waals surface area contributed by atoms with Crippen molar-refractivity contribution < 1.29 is 19.8 Å². The van der Waals surface area contributed by atoms with Gasteiger partial charge in [0.25, 0.3) is 5.91 Å². The molecule has 0 radical (unpaired) electrons. The molecule has 2 atom stereocenters. The van der Waals surface area contributed by atoms with Gasteiger partial charge in [-0.3, -0.25) is 9.78 Å². The third-order valence-electron chi connectivity index (χ3n) is 4.80. The third-order valence-corrected chi connectivity index (χ3v) is 4.80. The van der Waals surface area contributed by atoms with Crippen molar-refractivity contribution in [3.63, 3.8) is 0 Å². The van der Waals surface area contributed by atoms with Gasteiger partial charge >= 0.3 is 5.97 Å². The first kappa shape index (κ1) is 18.6. The number of amides is 1. The molecule has 140 valence electrons. The van der Waals surface area contributed by atoms with E-state index in [1.54, 1.807) is 36.7 Å². The summed E-state index contributed by atoms with van der Waals surface area (Å²) in [6, 6.07) is 10.9. The predicted molar refractivity (Wildman–Crippen MR) is 101 cm³/mol. The van der Waals surface area contributed by atoms with E-state index in [1.165, 1.54) is 4.90 Å². The van der Waals surface area contributed by atoms with Crippen LogP contribution in [0.15, 0.2) is 60.6 Å². The number of hydrogen-bond acceptors (Lipinski definition) is 4. The Bertz CT molecular complexity index is 849. The Labute approximate surface area is 157 Å². The summed E-state index contributed by atoms with van der Waals surface area (Å²) >= 11 is 0. The molecule has 1 aromatic heterocycles. The molecule has 0 saturated carbocycles. The van der Waals surface area contributed by atoms with Crippen LogP contribution in [0.2, 0.25) is 0 Å². The number of carboxylic acid groups (broad SMARTS) is 1. The highest BCUT2D eigenvalue weighted by atomic mass is 16.4. The summed E-state index contributed by atoms with van der Waals surface area (Å²) in [6.07, 6.45) is 5.01. The van der Waals surface area contributed by atoms with Crippen LogP contribution < -0.4 is 0 Å². The molecule has 2 N–H and O–H groups in total. The summed E-state index contributed by atoms with van der Waals surface area (Å²) in [5, 5.41) is 20.4. The van der Waals surface area contributed by atoms with Gasteiger partial charge in [-0.05, 0) is 29.7 Å². The van der Waals surface area contributed by atoms with Gasteiger partial charge in [0.05, 0.1) is 6.04 Å². The number of aliphatic hydroxyl groups excluding tert-OH is 1. The smallest absolute Gasteiger partial charge is 0.326 e. The Kier molecular flexibility index (Phi) is 5.54. The molecule has 1 aromatic carbocycles. The number of aliphatic hydroxyl groups is 1. The zero-order chi connectivity index (χ0) is 19.4. The van der Waals surface area contributed by atoms with Gasteiger partial charge < -0.3 is 15.1 Å². The van der Waals surface area contributed by atoms with Crippen molar-refractivity contribution in [1.29, 1.82) is 0 Å². The normalized spacial score (nSPS) is 18.0. The molecular formula is C21H22N2O4. The first-order chi connectivity index (χ1) is 13.1. The second-order valence-electron chi connectivity index (χ2n) is 6.52. The van der Waals surface area contributed by atoms with E-state index in [1.807, 2.05) is 25.1 Å². The summed E-state index contributed by atoms with van der Waals surface area (Å²) in [7, 11) is 0. The van der Waals surface area contributed by atoms with Crippen LogP contribution in [0.5, 0.6) is 0 Å². The maximum absolute atomic E-state index is 12.9. The highest BCUT2D eigenvalue weighted by molar-refractivity contribution is 6.07. The minimum Gasteiger partial charge on any atom is -0.503 e. The second kappa shape index (κ2) is 8.03. The SMILES string of the molecule is CCCCC(C(=O)O)N1C(=O)C(O)=C(c2ccccc2)C1c1ccncc1. The van der Waals surface area contributed by atoms with Gasteiger partial charge in [0.15, 0.2) is 5.76 Å². The van der Waals surface area contributed by atoms with Gasteiger partial charge in [0.1, 0.15) is 6.04 Å². The van der Waals surface area contributed by atoms with Gasteiger partial charge in [-0.15, -0.1) is 0 Å². The zero-order valence-corrected chi connectivity index (χ0v) is 15.1. The average Bonchev–Trinajstić information content (AvgIpc) is 2.95. The maximum Gasteiger partial charge on any atom is 0.326 e. The summed E-state index contributed by atoms with van der Waals surface area (Å²) in [5.74, 6) is -2.12. The predicted octanol–water partition coefficient (Wildman–Crippen LogP) is 3.58. The van der Waals surface area contributed by atoms with Crippen LogP contribution in [-0.4, -0.2) is 38.0 Å². The van der Waals surface area contributed by atoms with Crippen LogP contribution in [0.3, 0.4) is 0 Å². The highest BCUT2D eigenvalue weighted by Crippen LogP contribution is 2.44. The molecule has 1 amide bonds. The summed E-state index contributed by atoms with van der Waals surface area (Å²) in [4.78, 5) is 30.2. The monoisotopic (exact) mass is 366 g/mol. The largest absolute Gasteiger partial charge is 0.503 e. The van der Waals surface area contributed by atoms with E-state index in [0.29, 0.717) is 29.5 Å². The van der Waals surface area contributed by atoms with Crippen molar-refractivity contribution in [2.45, 2.75) is 38.3 Å². The molecule has 0 bridgehead atoms. The molecule has 1 aliphatic heterocycles. The number of aromatic nitrogens is 1. The van der Waals surface area contributed by atoms with Crippen molar-refractivity contribution in [3.05, 3.63) is 71.7 Å². The topological polar surface area (TPSA) is 90.7 Å². The van der Waals surface area contributed by atoms with E-state index in [-0.39, 0.29) is 0 Å². The first-order valence-corrected chi connectivity index (χ1v) is 9.00. The number of nitrogens with zero attached hydrogens (tertiary/aromatic N) is 2. The van der Waals surface area contributed by atoms with Gasteiger partial charge in [-0.2, -0.15) is 0 Å².